The van der Waals surface area contributed by atoms with E-state index in [1.165, 1.54) is 38.6 Å². The monoisotopic (exact) mass is 335 g/mol. The summed E-state index contributed by atoms with van der Waals surface area (Å²) < 4.78 is 23.9. The van der Waals surface area contributed by atoms with E-state index in [0.717, 1.165) is 0 Å². The van der Waals surface area contributed by atoms with Gasteiger partial charge in [-0.25, -0.2) is 4.39 Å². The molecule has 0 saturated heterocycles. The number of nitrogens with one attached hydrogen (secondary N) is 1. The van der Waals surface area contributed by atoms with Crippen molar-refractivity contribution in [3.63, 3.8) is 0 Å². The molecule has 0 heterocycles. The first kappa shape index (κ1) is 16.8. The minimum atomic E-state index is -0.506. The number of carbonyl (C=O) groups excluding carboxylic acids is 1. The van der Waals surface area contributed by atoms with Crippen molar-refractivity contribution in [1.29, 1.82) is 0 Å². The van der Waals surface area contributed by atoms with Crippen LogP contribution < -0.4 is 14.8 Å². The van der Waals surface area contributed by atoms with Gasteiger partial charge in [-0.05, 0) is 36.4 Å². The highest BCUT2D eigenvalue weighted by Gasteiger charge is 2.11. The largest absolute Gasteiger partial charge is 0.497 e. The molecule has 1 N–H and O–H groups in total. The molecular formula is C17H15ClFNO3. The first-order chi connectivity index (χ1) is 11.0. The van der Waals surface area contributed by atoms with Crippen molar-refractivity contribution < 1.29 is 18.7 Å². The Labute approximate surface area is 138 Å². The topological polar surface area (TPSA) is 47.6 Å². The van der Waals surface area contributed by atoms with E-state index in [1.54, 1.807) is 24.3 Å². The maximum atomic E-state index is 13.6. The van der Waals surface area contributed by atoms with Gasteiger partial charge in [-0.2, -0.15) is 0 Å². The van der Waals surface area contributed by atoms with Gasteiger partial charge < -0.3 is 14.8 Å². The number of carbonyl (C=O) groups is 1. The Hall–Kier alpha value is -2.53. The van der Waals surface area contributed by atoms with Crippen molar-refractivity contribution >= 4 is 23.1 Å². The molecule has 2 aromatic carbocycles. The van der Waals surface area contributed by atoms with Crippen molar-refractivity contribution in [2.75, 3.05) is 19.5 Å². The van der Waals surface area contributed by atoms with Gasteiger partial charge in [-0.15, -0.1) is 0 Å². The minimum Gasteiger partial charge on any atom is -0.497 e. The molecule has 0 aliphatic heterocycles. The third-order valence-corrected chi connectivity index (χ3v) is 3.31. The fraction of sp³-hybridized carbons (Fsp3) is 0.118. The number of ketones is 1. The molecule has 0 fully saturated rings. The fourth-order valence-electron chi connectivity index (χ4n) is 1.91. The summed E-state index contributed by atoms with van der Waals surface area (Å²) in [4.78, 5) is 12.2. The van der Waals surface area contributed by atoms with E-state index in [-0.39, 0.29) is 11.5 Å². The molecule has 4 nitrogen and oxygen atoms in total. The van der Waals surface area contributed by atoms with Crippen LogP contribution in [0.2, 0.25) is 5.02 Å². The number of hydrogen-bond donors (Lipinski definition) is 1. The van der Waals surface area contributed by atoms with E-state index in [0.29, 0.717) is 22.1 Å². The highest BCUT2D eigenvalue weighted by molar-refractivity contribution is 6.30. The number of halogens is 2. The van der Waals surface area contributed by atoms with Crippen molar-refractivity contribution in [3.8, 4) is 11.5 Å². The number of allylic oxidation sites excluding steroid dienone is 1. The van der Waals surface area contributed by atoms with Gasteiger partial charge in [-0.3, -0.25) is 4.79 Å². The second-order valence-corrected chi connectivity index (χ2v) is 4.97. The predicted octanol–water partition coefficient (Wildman–Crippen LogP) is 4.30. The van der Waals surface area contributed by atoms with Crippen molar-refractivity contribution in [2.24, 2.45) is 0 Å². The van der Waals surface area contributed by atoms with Gasteiger partial charge in [0.1, 0.15) is 17.3 Å². The number of methoxy groups -OCH3 is 2. The van der Waals surface area contributed by atoms with E-state index < -0.39 is 5.82 Å². The number of hydrogen-bond acceptors (Lipinski definition) is 4. The maximum absolute atomic E-state index is 13.6. The molecule has 0 aliphatic carbocycles. The van der Waals surface area contributed by atoms with Crippen LogP contribution in [0.1, 0.15) is 10.4 Å². The Kier molecular flexibility index (Phi) is 5.60. The molecule has 2 aromatic rings. The molecule has 0 atom stereocenters. The lowest BCUT2D eigenvalue weighted by Gasteiger charge is -2.08. The highest BCUT2D eigenvalue weighted by Crippen LogP contribution is 2.25. The Bertz CT molecular complexity index is 747. The van der Waals surface area contributed by atoms with E-state index in [4.69, 9.17) is 21.1 Å². The molecule has 120 valence electrons. The molecule has 6 heteroatoms. The summed E-state index contributed by atoms with van der Waals surface area (Å²) in [5.74, 6) is 0.161. The van der Waals surface area contributed by atoms with Crippen LogP contribution in [0.4, 0.5) is 10.1 Å². The van der Waals surface area contributed by atoms with Crippen LogP contribution >= 0.6 is 11.6 Å². The third kappa shape index (κ3) is 4.23. The Balaban J connectivity index is 2.15. The quantitative estimate of drug-likeness (QED) is 0.631. The lowest BCUT2D eigenvalue weighted by molar-refractivity contribution is 0.104. The number of anilines is 1. The number of rotatable bonds is 6. The zero-order valence-corrected chi connectivity index (χ0v) is 13.4. The lowest BCUT2D eigenvalue weighted by atomic mass is 10.1. The van der Waals surface area contributed by atoms with Gasteiger partial charge in [-0.1, -0.05) is 11.6 Å². The van der Waals surface area contributed by atoms with Gasteiger partial charge in [0.15, 0.2) is 5.78 Å². The average Bonchev–Trinajstić information content (AvgIpc) is 2.56. The molecule has 0 unspecified atom stereocenters. The Morgan fingerprint density at radius 3 is 2.61 bits per heavy atom. The predicted molar refractivity (Wildman–Crippen MR) is 88.0 cm³/mol. The van der Waals surface area contributed by atoms with Crippen molar-refractivity contribution in [2.45, 2.75) is 0 Å². The first-order valence-corrected chi connectivity index (χ1v) is 7.07. The fourth-order valence-corrected chi connectivity index (χ4v) is 2.07. The molecule has 0 radical (unpaired) electrons. The maximum Gasteiger partial charge on any atom is 0.191 e. The molecule has 23 heavy (non-hydrogen) atoms. The van der Waals surface area contributed by atoms with Crippen LogP contribution in [0, 0.1) is 5.82 Å². The summed E-state index contributed by atoms with van der Waals surface area (Å²) >= 11 is 5.68. The van der Waals surface area contributed by atoms with E-state index in [2.05, 4.69) is 5.32 Å². The highest BCUT2D eigenvalue weighted by atomic mass is 35.5. The summed E-state index contributed by atoms with van der Waals surface area (Å²) in [7, 11) is 2.99. The smallest absolute Gasteiger partial charge is 0.191 e. The summed E-state index contributed by atoms with van der Waals surface area (Å²) in [6.45, 7) is 0. The van der Waals surface area contributed by atoms with Crippen LogP contribution in [0.15, 0.2) is 48.7 Å². The molecule has 2 rings (SSSR count). The summed E-state index contributed by atoms with van der Waals surface area (Å²) in [5, 5.41) is 3.00. The van der Waals surface area contributed by atoms with Crippen molar-refractivity contribution in [3.05, 3.63) is 65.1 Å². The molecule has 0 amide bonds. The zero-order chi connectivity index (χ0) is 16.8. The third-order valence-electron chi connectivity index (χ3n) is 3.08. The van der Waals surface area contributed by atoms with Gasteiger partial charge in [0.05, 0.1) is 25.5 Å². The number of benzene rings is 2. The molecule has 0 saturated carbocycles. The first-order valence-electron chi connectivity index (χ1n) is 6.69. The normalized spacial score (nSPS) is 10.6. The van der Waals surface area contributed by atoms with Crippen LogP contribution in [0.25, 0.3) is 0 Å². The van der Waals surface area contributed by atoms with Crippen LogP contribution in [-0.4, -0.2) is 20.0 Å². The molecule has 0 aliphatic rings. The van der Waals surface area contributed by atoms with E-state index >= 15 is 0 Å². The second kappa shape index (κ2) is 7.65. The lowest BCUT2D eigenvalue weighted by Crippen LogP contribution is -2.01. The number of ether oxygens (including phenoxy) is 2. The van der Waals surface area contributed by atoms with Crippen LogP contribution in [-0.2, 0) is 0 Å². The standard InChI is InChI=1S/C17H15ClFNO3/c1-22-12-4-6-17(23-2)13(10-12)16(21)7-8-20-15-5-3-11(18)9-14(15)19/h3-10,20H,1-2H3/b8-7+. The molecule has 0 bridgehead atoms. The van der Waals surface area contributed by atoms with Gasteiger partial charge in [0.2, 0.25) is 0 Å². The second-order valence-electron chi connectivity index (χ2n) is 4.53. The molecule has 0 aromatic heterocycles. The van der Waals surface area contributed by atoms with Crippen molar-refractivity contribution in [1.82, 2.24) is 0 Å². The van der Waals surface area contributed by atoms with Crippen LogP contribution in [0.5, 0.6) is 11.5 Å². The molecular weight excluding hydrogens is 321 g/mol. The Morgan fingerprint density at radius 2 is 1.96 bits per heavy atom. The van der Waals surface area contributed by atoms with E-state index in [9.17, 15) is 9.18 Å². The minimum absolute atomic E-state index is 0.219. The van der Waals surface area contributed by atoms with Gasteiger partial charge >= 0.3 is 0 Å². The Morgan fingerprint density at radius 1 is 1.17 bits per heavy atom. The van der Waals surface area contributed by atoms with Crippen LogP contribution in [0.3, 0.4) is 0 Å². The SMILES string of the molecule is COc1ccc(OC)c(C(=O)/C=C/Nc2ccc(Cl)cc2F)c1. The van der Waals surface area contributed by atoms with E-state index in [1.807, 2.05) is 0 Å². The molecule has 0 spiro atoms. The summed E-state index contributed by atoms with van der Waals surface area (Å²) in [6, 6.07) is 9.14. The summed E-state index contributed by atoms with van der Waals surface area (Å²) in [6.07, 6.45) is 2.64. The van der Waals surface area contributed by atoms with Gasteiger partial charge in [0, 0.05) is 17.3 Å². The van der Waals surface area contributed by atoms with Gasteiger partial charge in [0.25, 0.3) is 0 Å². The average molecular weight is 336 g/mol. The summed E-state index contributed by atoms with van der Waals surface area (Å²) in [5.41, 5.74) is 0.567. The zero-order valence-electron chi connectivity index (χ0n) is 12.6.